The van der Waals surface area contributed by atoms with Crippen molar-refractivity contribution in [1.82, 2.24) is 0 Å². The number of benzene rings is 3. The number of hydrogen-bond acceptors (Lipinski definition) is 5. The monoisotopic (exact) mass is 545 g/mol. The Labute approximate surface area is 209 Å². The number of methoxy groups -OCH3 is 1. The van der Waals surface area contributed by atoms with Gasteiger partial charge in [-0.2, -0.15) is 0 Å². The van der Waals surface area contributed by atoms with E-state index in [1.807, 2.05) is 42.5 Å². The quantitative estimate of drug-likeness (QED) is 0.244. The average Bonchev–Trinajstić information content (AvgIpc) is 3.06. The van der Waals surface area contributed by atoms with Gasteiger partial charge in [-0.05, 0) is 69.5 Å². The highest BCUT2D eigenvalue weighted by molar-refractivity contribution is 9.10. The van der Waals surface area contributed by atoms with Gasteiger partial charge in [-0.1, -0.05) is 65.9 Å². The molecule has 0 unspecified atom stereocenters. The van der Waals surface area contributed by atoms with Crippen LogP contribution in [0.15, 0.2) is 76.1 Å². The predicted octanol–water partition coefficient (Wildman–Crippen LogP) is 7.10. The highest BCUT2D eigenvalue weighted by atomic mass is 79.9. The zero-order chi connectivity index (χ0) is 22.7. The zero-order valence-corrected chi connectivity index (χ0v) is 20.9. The second-order valence-electron chi connectivity index (χ2n) is 6.80. The predicted molar refractivity (Wildman–Crippen MR) is 139 cm³/mol. The number of nitrogens with zero attached hydrogens (tertiary/aromatic N) is 1. The van der Waals surface area contributed by atoms with Crippen molar-refractivity contribution >= 4 is 73.5 Å². The van der Waals surface area contributed by atoms with Crippen LogP contribution in [-0.2, 0) is 11.4 Å². The highest BCUT2D eigenvalue weighted by Crippen LogP contribution is 2.40. The van der Waals surface area contributed by atoms with Gasteiger partial charge in [-0.15, -0.1) is 0 Å². The van der Waals surface area contributed by atoms with E-state index in [4.69, 9.17) is 33.3 Å². The number of rotatable bonds is 6. The molecule has 4 nitrogen and oxygen atoms in total. The van der Waals surface area contributed by atoms with E-state index in [0.717, 1.165) is 15.6 Å². The fourth-order valence-corrected chi connectivity index (χ4v) is 5.12. The lowest BCUT2D eigenvalue weighted by atomic mass is 10.1. The minimum atomic E-state index is -0.179. The maximum absolute atomic E-state index is 13.0. The first-order valence-corrected chi connectivity index (χ1v) is 11.9. The average molecular weight is 547 g/mol. The van der Waals surface area contributed by atoms with E-state index in [2.05, 4.69) is 15.9 Å². The molecule has 4 rings (SSSR count). The fourth-order valence-electron chi connectivity index (χ4n) is 3.12. The Morgan fingerprint density at radius 2 is 1.84 bits per heavy atom. The van der Waals surface area contributed by atoms with Crippen molar-refractivity contribution in [2.24, 2.45) is 0 Å². The summed E-state index contributed by atoms with van der Waals surface area (Å²) in [6, 6.07) is 20.6. The Morgan fingerprint density at radius 1 is 1.12 bits per heavy atom. The second-order valence-corrected chi connectivity index (χ2v) is 9.77. The molecule has 1 heterocycles. The van der Waals surface area contributed by atoms with Gasteiger partial charge >= 0.3 is 0 Å². The lowest BCUT2D eigenvalue weighted by Crippen LogP contribution is -2.27. The Bertz CT molecular complexity index is 1200. The number of hydrogen-bond donors (Lipinski definition) is 0. The lowest BCUT2D eigenvalue weighted by Gasteiger charge is -2.14. The molecule has 0 radical (unpaired) electrons. The molecule has 0 spiro atoms. The van der Waals surface area contributed by atoms with E-state index in [9.17, 15) is 4.79 Å². The zero-order valence-electron chi connectivity index (χ0n) is 16.9. The first kappa shape index (κ1) is 22.9. The molecule has 0 N–H and O–H groups in total. The molecule has 1 fully saturated rings. The van der Waals surface area contributed by atoms with Crippen LogP contribution in [0.3, 0.4) is 0 Å². The molecule has 3 aromatic rings. The van der Waals surface area contributed by atoms with Crippen LogP contribution in [0.4, 0.5) is 5.69 Å². The van der Waals surface area contributed by atoms with Crippen molar-refractivity contribution < 1.29 is 14.3 Å². The SMILES string of the molecule is COc1cc(/C=C2\SC(=S)N(c3ccc(Cl)cc3)C2=O)cc(Br)c1OCc1ccccc1. The normalized spacial score (nSPS) is 14.8. The van der Waals surface area contributed by atoms with E-state index in [0.29, 0.717) is 38.0 Å². The number of amides is 1. The first-order chi connectivity index (χ1) is 15.5. The number of halogens is 2. The van der Waals surface area contributed by atoms with Crippen LogP contribution in [0.1, 0.15) is 11.1 Å². The van der Waals surface area contributed by atoms with Crippen LogP contribution in [0, 0.1) is 0 Å². The number of carbonyl (C=O) groups excluding carboxylic acids is 1. The lowest BCUT2D eigenvalue weighted by molar-refractivity contribution is -0.113. The third-order valence-corrected chi connectivity index (χ3v) is 6.80. The van der Waals surface area contributed by atoms with Crippen LogP contribution >= 0.6 is 51.5 Å². The third-order valence-electron chi connectivity index (χ3n) is 4.65. The fraction of sp³-hybridized carbons (Fsp3) is 0.0833. The Morgan fingerprint density at radius 3 is 2.53 bits per heavy atom. The summed E-state index contributed by atoms with van der Waals surface area (Å²) >= 11 is 16.2. The van der Waals surface area contributed by atoms with E-state index in [-0.39, 0.29) is 5.91 Å². The van der Waals surface area contributed by atoms with Gasteiger partial charge in [0, 0.05) is 5.02 Å². The van der Waals surface area contributed by atoms with E-state index in [1.54, 1.807) is 37.5 Å². The van der Waals surface area contributed by atoms with Gasteiger partial charge in [0.05, 0.1) is 22.2 Å². The van der Waals surface area contributed by atoms with Crippen molar-refractivity contribution in [3.8, 4) is 11.5 Å². The molecule has 162 valence electrons. The molecule has 1 aliphatic rings. The smallest absolute Gasteiger partial charge is 0.270 e. The van der Waals surface area contributed by atoms with Crippen LogP contribution < -0.4 is 14.4 Å². The van der Waals surface area contributed by atoms with Crippen molar-refractivity contribution in [2.45, 2.75) is 6.61 Å². The molecule has 8 heteroatoms. The number of thioether (sulfide) groups is 1. The molecule has 0 aliphatic carbocycles. The topological polar surface area (TPSA) is 38.8 Å². The number of ether oxygens (including phenoxy) is 2. The Hall–Kier alpha value is -2.32. The highest BCUT2D eigenvalue weighted by Gasteiger charge is 2.33. The number of anilines is 1. The summed E-state index contributed by atoms with van der Waals surface area (Å²) in [4.78, 5) is 15.1. The third kappa shape index (κ3) is 5.02. The summed E-state index contributed by atoms with van der Waals surface area (Å²) in [5.41, 5.74) is 2.53. The molecular weight excluding hydrogens is 530 g/mol. The van der Waals surface area contributed by atoms with Crippen LogP contribution in [0.2, 0.25) is 5.02 Å². The van der Waals surface area contributed by atoms with E-state index < -0.39 is 0 Å². The summed E-state index contributed by atoms with van der Waals surface area (Å²) in [7, 11) is 1.58. The molecule has 0 saturated carbocycles. The first-order valence-electron chi connectivity index (χ1n) is 9.54. The second kappa shape index (κ2) is 10.1. The minimum Gasteiger partial charge on any atom is -0.493 e. The minimum absolute atomic E-state index is 0.179. The van der Waals surface area contributed by atoms with Gasteiger partial charge < -0.3 is 9.47 Å². The summed E-state index contributed by atoms with van der Waals surface area (Å²) in [5.74, 6) is 0.985. The largest absolute Gasteiger partial charge is 0.493 e. The summed E-state index contributed by atoms with van der Waals surface area (Å²) in [5, 5.41) is 0.598. The van der Waals surface area contributed by atoms with Gasteiger partial charge in [-0.3, -0.25) is 9.69 Å². The molecule has 1 aliphatic heterocycles. The van der Waals surface area contributed by atoms with Gasteiger partial charge in [0.15, 0.2) is 15.8 Å². The number of thiocarbonyl (C=S) groups is 1. The molecular formula is C24H17BrClNO3S2. The van der Waals surface area contributed by atoms with Gasteiger partial charge in [0.25, 0.3) is 5.91 Å². The number of carbonyl (C=O) groups is 1. The van der Waals surface area contributed by atoms with Gasteiger partial charge in [0.2, 0.25) is 0 Å². The van der Waals surface area contributed by atoms with Crippen molar-refractivity contribution in [2.75, 3.05) is 12.0 Å². The molecule has 0 atom stereocenters. The van der Waals surface area contributed by atoms with Crippen LogP contribution in [0.25, 0.3) is 6.08 Å². The molecule has 0 aromatic heterocycles. The van der Waals surface area contributed by atoms with Crippen molar-refractivity contribution in [3.05, 3.63) is 92.3 Å². The van der Waals surface area contributed by atoms with E-state index >= 15 is 0 Å². The molecule has 1 saturated heterocycles. The standard InChI is InChI=1S/C24H17BrClNO3S2/c1-29-20-12-16(11-19(25)22(20)30-14-15-5-3-2-4-6-15)13-21-23(28)27(24(31)32-21)18-9-7-17(26)8-10-18/h2-13H,14H2,1H3/b21-13-. The molecule has 1 amide bonds. The molecule has 0 bridgehead atoms. The van der Waals surface area contributed by atoms with Crippen LogP contribution in [0.5, 0.6) is 11.5 Å². The Kier molecular flexibility index (Phi) is 7.20. The molecule has 3 aromatic carbocycles. The maximum Gasteiger partial charge on any atom is 0.270 e. The maximum atomic E-state index is 13.0. The van der Waals surface area contributed by atoms with Crippen LogP contribution in [-0.4, -0.2) is 17.3 Å². The molecule has 32 heavy (non-hydrogen) atoms. The Balaban J connectivity index is 1.58. The van der Waals surface area contributed by atoms with Crippen molar-refractivity contribution in [1.29, 1.82) is 0 Å². The summed E-state index contributed by atoms with van der Waals surface area (Å²) in [6.07, 6.45) is 1.80. The van der Waals surface area contributed by atoms with Crippen molar-refractivity contribution in [3.63, 3.8) is 0 Å². The van der Waals surface area contributed by atoms with Gasteiger partial charge in [0.1, 0.15) is 6.61 Å². The van der Waals surface area contributed by atoms with Gasteiger partial charge in [-0.25, -0.2) is 0 Å². The summed E-state index contributed by atoms with van der Waals surface area (Å²) in [6.45, 7) is 0.412. The summed E-state index contributed by atoms with van der Waals surface area (Å²) < 4.78 is 12.7. The van der Waals surface area contributed by atoms with E-state index in [1.165, 1.54) is 16.7 Å².